The SMILES string of the molecule is COCCn1cc(Br)c(NC(=O)C(C)(C)C)n1. The number of halogens is 1. The van der Waals surface area contributed by atoms with Crippen molar-refractivity contribution in [1.29, 1.82) is 0 Å². The van der Waals surface area contributed by atoms with Gasteiger partial charge in [-0.1, -0.05) is 20.8 Å². The Morgan fingerprint density at radius 2 is 2.24 bits per heavy atom. The third-order valence-corrected chi connectivity index (χ3v) is 2.73. The van der Waals surface area contributed by atoms with Crippen LogP contribution in [-0.2, 0) is 16.1 Å². The molecule has 0 fully saturated rings. The molecule has 96 valence electrons. The van der Waals surface area contributed by atoms with Crippen molar-refractivity contribution < 1.29 is 9.53 Å². The van der Waals surface area contributed by atoms with Gasteiger partial charge in [-0.25, -0.2) is 0 Å². The minimum Gasteiger partial charge on any atom is -0.383 e. The molecule has 0 aliphatic rings. The molecule has 0 aliphatic carbocycles. The molecule has 0 saturated carbocycles. The molecule has 0 atom stereocenters. The fourth-order valence-electron chi connectivity index (χ4n) is 1.08. The van der Waals surface area contributed by atoms with Gasteiger partial charge < -0.3 is 10.1 Å². The summed E-state index contributed by atoms with van der Waals surface area (Å²) in [6.45, 7) is 6.82. The van der Waals surface area contributed by atoms with Gasteiger partial charge in [-0.2, -0.15) is 5.10 Å². The Kier molecular flexibility index (Phi) is 4.70. The number of hydrogen-bond donors (Lipinski definition) is 1. The molecule has 0 saturated heterocycles. The Morgan fingerprint density at radius 1 is 1.59 bits per heavy atom. The average Bonchev–Trinajstić information content (AvgIpc) is 2.55. The van der Waals surface area contributed by atoms with Crippen LogP contribution in [0.25, 0.3) is 0 Å². The van der Waals surface area contributed by atoms with Crippen LogP contribution in [0.1, 0.15) is 20.8 Å². The number of methoxy groups -OCH3 is 1. The van der Waals surface area contributed by atoms with Crippen molar-refractivity contribution in [2.75, 3.05) is 19.0 Å². The summed E-state index contributed by atoms with van der Waals surface area (Å²) in [6, 6.07) is 0. The monoisotopic (exact) mass is 303 g/mol. The highest BCUT2D eigenvalue weighted by molar-refractivity contribution is 9.10. The lowest BCUT2D eigenvalue weighted by Gasteiger charge is -2.16. The van der Waals surface area contributed by atoms with Gasteiger partial charge in [-0.05, 0) is 15.9 Å². The highest BCUT2D eigenvalue weighted by atomic mass is 79.9. The first-order valence-electron chi connectivity index (χ1n) is 5.38. The van der Waals surface area contributed by atoms with Crippen LogP contribution in [0.5, 0.6) is 0 Å². The molecule has 1 aromatic rings. The van der Waals surface area contributed by atoms with E-state index in [1.807, 2.05) is 27.0 Å². The summed E-state index contributed by atoms with van der Waals surface area (Å²) in [5, 5.41) is 7.05. The van der Waals surface area contributed by atoms with Gasteiger partial charge in [0.2, 0.25) is 5.91 Å². The topological polar surface area (TPSA) is 56.1 Å². The van der Waals surface area contributed by atoms with E-state index in [-0.39, 0.29) is 5.91 Å². The molecule has 1 heterocycles. The summed E-state index contributed by atoms with van der Waals surface area (Å²) >= 11 is 3.37. The summed E-state index contributed by atoms with van der Waals surface area (Å²) in [4.78, 5) is 11.8. The molecule has 0 radical (unpaired) electrons. The maximum Gasteiger partial charge on any atom is 0.230 e. The molecule has 1 N–H and O–H groups in total. The Bertz CT molecular complexity index is 396. The predicted molar refractivity (Wildman–Crippen MR) is 69.9 cm³/mol. The van der Waals surface area contributed by atoms with Gasteiger partial charge in [0, 0.05) is 18.7 Å². The number of ether oxygens (including phenoxy) is 1. The average molecular weight is 304 g/mol. The molecule has 0 unspecified atom stereocenters. The second kappa shape index (κ2) is 5.64. The first-order chi connectivity index (χ1) is 7.84. The second-order valence-electron chi connectivity index (χ2n) is 4.79. The summed E-state index contributed by atoms with van der Waals surface area (Å²) < 4.78 is 7.46. The minimum atomic E-state index is -0.435. The molecule has 0 bridgehead atoms. The lowest BCUT2D eigenvalue weighted by Crippen LogP contribution is -2.28. The maximum absolute atomic E-state index is 11.8. The Labute approximate surface area is 110 Å². The number of amides is 1. The Balaban J connectivity index is 2.72. The van der Waals surface area contributed by atoms with Gasteiger partial charge in [0.15, 0.2) is 5.82 Å². The molecule has 0 aromatic carbocycles. The van der Waals surface area contributed by atoms with Gasteiger partial charge in [-0.3, -0.25) is 9.48 Å². The molecule has 6 heteroatoms. The summed E-state index contributed by atoms with van der Waals surface area (Å²) in [5.41, 5.74) is -0.435. The number of aromatic nitrogens is 2. The van der Waals surface area contributed by atoms with Crippen molar-refractivity contribution in [3.63, 3.8) is 0 Å². The number of hydrogen-bond acceptors (Lipinski definition) is 3. The lowest BCUT2D eigenvalue weighted by atomic mass is 9.96. The minimum absolute atomic E-state index is 0.0600. The van der Waals surface area contributed by atoms with Gasteiger partial charge in [0.1, 0.15) is 0 Å². The van der Waals surface area contributed by atoms with E-state index in [2.05, 4.69) is 26.3 Å². The number of anilines is 1. The molecule has 5 nitrogen and oxygen atoms in total. The summed E-state index contributed by atoms with van der Waals surface area (Å²) in [7, 11) is 1.64. The van der Waals surface area contributed by atoms with Gasteiger partial charge in [0.25, 0.3) is 0 Å². The third kappa shape index (κ3) is 4.12. The zero-order valence-corrected chi connectivity index (χ0v) is 12.2. The number of carbonyl (C=O) groups excluding carboxylic acids is 1. The van der Waals surface area contributed by atoms with Gasteiger partial charge in [-0.15, -0.1) is 0 Å². The summed E-state index contributed by atoms with van der Waals surface area (Å²) in [6.07, 6.45) is 1.82. The molecule has 1 aromatic heterocycles. The second-order valence-corrected chi connectivity index (χ2v) is 5.64. The number of carbonyl (C=O) groups is 1. The quantitative estimate of drug-likeness (QED) is 0.928. The van der Waals surface area contributed by atoms with Crippen molar-refractivity contribution >= 4 is 27.7 Å². The van der Waals surface area contributed by atoms with Crippen molar-refractivity contribution in [3.05, 3.63) is 10.7 Å². The zero-order chi connectivity index (χ0) is 13.1. The lowest BCUT2D eigenvalue weighted by molar-refractivity contribution is -0.123. The summed E-state index contributed by atoms with van der Waals surface area (Å²) in [5.74, 6) is 0.483. The van der Waals surface area contributed by atoms with Crippen LogP contribution in [0, 0.1) is 5.41 Å². The molecular weight excluding hydrogens is 286 g/mol. The fourth-order valence-corrected chi connectivity index (χ4v) is 1.49. The van der Waals surface area contributed by atoms with E-state index in [1.165, 1.54) is 0 Å². The van der Waals surface area contributed by atoms with Gasteiger partial charge >= 0.3 is 0 Å². The van der Waals surface area contributed by atoms with Crippen LogP contribution >= 0.6 is 15.9 Å². The van der Waals surface area contributed by atoms with Crippen LogP contribution in [0.4, 0.5) is 5.82 Å². The first kappa shape index (κ1) is 14.2. The van der Waals surface area contributed by atoms with E-state index in [9.17, 15) is 4.79 Å². The van der Waals surface area contributed by atoms with Crippen molar-refractivity contribution in [2.45, 2.75) is 27.3 Å². The molecular formula is C11H18BrN3O2. The van der Waals surface area contributed by atoms with E-state index in [4.69, 9.17) is 4.74 Å². The van der Waals surface area contributed by atoms with Crippen molar-refractivity contribution in [1.82, 2.24) is 9.78 Å². The molecule has 1 rings (SSSR count). The smallest absolute Gasteiger partial charge is 0.230 e. The van der Waals surface area contributed by atoms with Crippen LogP contribution < -0.4 is 5.32 Å². The zero-order valence-electron chi connectivity index (χ0n) is 10.6. The van der Waals surface area contributed by atoms with Crippen LogP contribution in [0.15, 0.2) is 10.7 Å². The van der Waals surface area contributed by atoms with Crippen molar-refractivity contribution in [3.8, 4) is 0 Å². The van der Waals surface area contributed by atoms with E-state index in [0.717, 1.165) is 4.47 Å². The van der Waals surface area contributed by atoms with E-state index < -0.39 is 5.41 Å². The van der Waals surface area contributed by atoms with Crippen molar-refractivity contribution in [2.24, 2.45) is 5.41 Å². The normalized spacial score (nSPS) is 11.6. The number of rotatable bonds is 4. The van der Waals surface area contributed by atoms with Gasteiger partial charge in [0.05, 0.1) is 17.6 Å². The standard InChI is InChI=1S/C11H18BrN3O2/c1-11(2,3)10(16)13-9-8(12)7-15(14-9)5-6-17-4/h7H,5-6H2,1-4H3,(H,13,14,16). The Morgan fingerprint density at radius 3 is 2.76 bits per heavy atom. The molecule has 0 spiro atoms. The first-order valence-corrected chi connectivity index (χ1v) is 6.17. The number of nitrogens with zero attached hydrogens (tertiary/aromatic N) is 2. The molecule has 0 aliphatic heterocycles. The van der Waals surface area contributed by atoms with Crippen LogP contribution in [0.3, 0.4) is 0 Å². The number of nitrogens with one attached hydrogen (secondary N) is 1. The van der Waals surface area contributed by atoms with E-state index in [0.29, 0.717) is 19.0 Å². The predicted octanol–water partition coefficient (Wildman–Crippen LogP) is 2.28. The fraction of sp³-hybridized carbons (Fsp3) is 0.636. The Hall–Kier alpha value is -0.880. The third-order valence-electron chi connectivity index (χ3n) is 2.15. The van der Waals surface area contributed by atoms with Crippen LogP contribution in [0.2, 0.25) is 0 Å². The van der Waals surface area contributed by atoms with E-state index >= 15 is 0 Å². The molecule has 1 amide bonds. The highest BCUT2D eigenvalue weighted by Crippen LogP contribution is 2.23. The van der Waals surface area contributed by atoms with E-state index in [1.54, 1.807) is 11.8 Å². The maximum atomic E-state index is 11.8. The molecule has 17 heavy (non-hydrogen) atoms. The van der Waals surface area contributed by atoms with Crippen LogP contribution in [-0.4, -0.2) is 29.4 Å². The highest BCUT2D eigenvalue weighted by Gasteiger charge is 2.22. The largest absolute Gasteiger partial charge is 0.383 e.